The van der Waals surface area contributed by atoms with Gasteiger partial charge in [-0.3, -0.25) is 4.79 Å². The summed E-state index contributed by atoms with van der Waals surface area (Å²) in [4.78, 5) is 17.6. The van der Waals surface area contributed by atoms with Crippen LogP contribution in [0, 0.1) is 5.82 Å². The van der Waals surface area contributed by atoms with Gasteiger partial charge in [-0.05, 0) is 24.3 Å². The van der Waals surface area contributed by atoms with Crippen LogP contribution in [0.5, 0.6) is 11.5 Å². The highest BCUT2D eigenvalue weighted by Gasteiger charge is 2.31. The van der Waals surface area contributed by atoms with E-state index in [0.717, 1.165) is 0 Å². The summed E-state index contributed by atoms with van der Waals surface area (Å²) >= 11 is 6.03. The predicted molar refractivity (Wildman–Crippen MR) is 95.6 cm³/mol. The van der Waals surface area contributed by atoms with Crippen molar-refractivity contribution in [3.05, 3.63) is 52.8 Å². The van der Waals surface area contributed by atoms with Crippen LogP contribution in [-0.4, -0.2) is 31.9 Å². The van der Waals surface area contributed by atoms with Crippen molar-refractivity contribution in [2.75, 3.05) is 19.5 Å². The summed E-state index contributed by atoms with van der Waals surface area (Å²) < 4.78 is 24.3. The maximum Gasteiger partial charge on any atom is 0.268 e. The van der Waals surface area contributed by atoms with Gasteiger partial charge in [0.25, 0.3) is 5.91 Å². The summed E-state index contributed by atoms with van der Waals surface area (Å²) in [6, 6.07) is 9.30. The number of hydrogen-bond acceptors (Lipinski definition) is 5. The van der Waals surface area contributed by atoms with Crippen LogP contribution in [0.4, 0.5) is 10.1 Å². The van der Waals surface area contributed by atoms with Crippen molar-refractivity contribution >= 4 is 28.9 Å². The van der Waals surface area contributed by atoms with E-state index >= 15 is 0 Å². The van der Waals surface area contributed by atoms with Crippen LogP contribution in [0.2, 0.25) is 5.02 Å². The highest BCUT2D eigenvalue weighted by Crippen LogP contribution is 2.30. The molecule has 6 nitrogen and oxygen atoms in total. The van der Waals surface area contributed by atoms with E-state index in [2.05, 4.69) is 10.5 Å². The number of anilines is 1. The monoisotopic (exact) mass is 378 g/mol. The molecule has 0 radical (unpaired) electrons. The van der Waals surface area contributed by atoms with Crippen LogP contribution in [0.3, 0.4) is 0 Å². The van der Waals surface area contributed by atoms with Gasteiger partial charge in [0.2, 0.25) is 6.10 Å². The minimum Gasteiger partial charge on any atom is -0.493 e. The SMILES string of the molecule is COc1ccc(NC(=O)[C@@H]2CC(c3c(F)cccc3Cl)=NO2)cc1OC. The molecule has 0 saturated heterocycles. The molecule has 1 N–H and O–H groups in total. The highest BCUT2D eigenvalue weighted by molar-refractivity contribution is 6.34. The molecule has 1 heterocycles. The molecule has 0 aliphatic carbocycles. The lowest BCUT2D eigenvalue weighted by Gasteiger charge is -2.12. The molecule has 2 aromatic rings. The van der Waals surface area contributed by atoms with Gasteiger partial charge >= 0.3 is 0 Å². The second kappa shape index (κ2) is 7.61. The standard InChI is InChI=1S/C18H16ClFN2O4/c1-24-14-7-6-10(8-15(14)25-2)21-18(23)16-9-13(22-26-16)17-11(19)4-3-5-12(17)20/h3-8,16H,9H2,1-2H3,(H,21,23)/t16-/m0/s1. The van der Waals surface area contributed by atoms with Crippen LogP contribution in [0.15, 0.2) is 41.6 Å². The van der Waals surface area contributed by atoms with Gasteiger partial charge in [-0.1, -0.05) is 22.8 Å². The van der Waals surface area contributed by atoms with Crippen molar-refractivity contribution in [1.29, 1.82) is 0 Å². The lowest BCUT2D eigenvalue weighted by molar-refractivity contribution is -0.125. The molecule has 0 fully saturated rings. The summed E-state index contributed by atoms with van der Waals surface area (Å²) in [5, 5.41) is 6.75. The Balaban J connectivity index is 1.70. The molecule has 1 amide bonds. The quantitative estimate of drug-likeness (QED) is 0.862. The third kappa shape index (κ3) is 3.57. The summed E-state index contributed by atoms with van der Waals surface area (Å²) in [5.74, 6) is 0.0966. The molecule has 0 bridgehead atoms. The summed E-state index contributed by atoms with van der Waals surface area (Å²) in [7, 11) is 3.02. The topological polar surface area (TPSA) is 69.2 Å². The fourth-order valence-electron chi connectivity index (χ4n) is 2.58. The molecule has 1 aliphatic rings. The Morgan fingerprint density at radius 3 is 2.73 bits per heavy atom. The van der Waals surface area contributed by atoms with Gasteiger partial charge in [0.15, 0.2) is 11.5 Å². The minimum absolute atomic E-state index is 0.111. The zero-order chi connectivity index (χ0) is 18.7. The normalized spacial score (nSPS) is 15.8. The highest BCUT2D eigenvalue weighted by atomic mass is 35.5. The third-order valence-corrected chi connectivity index (χ3v) is 4.18. The lowest BCUT2D eigenvalue weighted by Crippen LogP contribution is -2.28. The van der Waals surface area contributed by atoms with Crippen molar-refractivity contribution in [2.45, 2.75) is 12.5 Å². The average Bonchev–Trinajstić information content (AvgIpc) is 3.11. The van der Waals surface area contributed by atoms with Crippen LogP contribution >= 0.6 is 11.6 Å². The second-order valence-corrected chi connectivity index (χ2v) is 5.90. The Morgan fingerprint density at radius 2 is 2.04 bits per heavy atom. The Bertz CT molecular complexity index is 852. The van der Waals surface area contributed by atoms with E-state index < -0.39 is 17.8 Å². The molecule has 2 aromatic carbocycles. The number of hydrogen-bond donors (Lipinski definition) is 1. The number of ether oxygens (including phenoxy) is 2. The number of oxime groups is 1. The number of nitrogens with one attached hydrogen (secondary N) is 1. The number of nitrogens with zero attached hydrogens (tertiary/aromatic N) is 1. The molecule has 8 heteroatoms. The number of carbonyl (C=O) groups excluding carboxylic acids is 1. The largest absolute Gasteiger partial charge is 0.493 e. The maximum atomic E-state index is 14.0. The number of halogens is 2. The molecule has 1 aliphatic heterocycles. The molecular formula is C18H16ClFN2O4. The Labute approximate surface area is 154 Å². The average molecular weight is 379 g/mol. The smallest absolute Gasteiger partial charge is 0.268 e. The van der Waals surface area contributed by atoms with Gasteiger partial charge in [-0.25, -0.2) is 4.39 Å². The van der Waals surface area contributed by atoms with E-state index in [1.54, 1.807) is 24.3 Å². The van der Waals surface area contributed by atoms with Crippen LogP contribution in [0.1, 0.15) is 12.0 Å². The van der Waals surface area contributed by atoms with E-state index in [9.17, 15) is 9.18 Å². The van der Waals surface area contributed by atoms with Gasteiger partial charge in [-0.2, -0.15) is 0 Å². The molecule has 1 atom stereocenters. The van der Waals surface area contributed by atoms with E-state index in [-0.39, 0.29) is 17.0 Å². The maximum absolute atomic E-state index is 14.0. The third-order valence-electron chi connectivity index (χ3n) is 3.86. The summed E-state index contributed by atoms with van der Waals surface area (Å²) in [6.07, 6.45) is -0.770. The number of benzene rings is 2. The minimum atomic E-state index is -0.881. The number of carbonyl (C=O) groups is 1. The first kappa shape index (κ1) is 18.0. The lowest BCUT2D eigenvalue weighted by atomic mass is 10.0. The van der Waals surface area contributed by atoms with E-state index in [4.69, 9.17) is 25.9 Å². The fraction of sp³-hybridized carbons (Fsp3) is 0.222. The van der Waals surface area contributed by atoms with Crippen molar-refractivity contribution in [3.63, 3.8) is 0 Å². The van der Waals surface area contributed by atoms with E-state index in [1.807, 2.05) is 0 Å². The Morgan fingerprint density at radius 1 is 1.27 bits per heavy atom. The van der Waals surface area contributed by atoms with Gasteiger partial charge < -0.3 is 19.6 Å². The zero-order valence-electron chi connectivity index (χ0n) is 14.1. The van der Waals surface area contributed by atoms with Crippen molar-refractivity contribution in [3.8, 4) is 11.5 Å². The van der Waals surface area contributed by atoms with Gasteiger partial charge in [-0.15, -0.1) is 0 Å². The van der Waals surface area contributed by atoms with E-state index in [0.29, 0.717) is 22.9 Å². The molecule has 0 aromatic heterocycles. The molecule has 0 saturated carbocycles. The summed E-state index contributed by atoms with van der Waals surface area (Å²) in [6.45, 7) is 0. The molecule has 0 unspecified atom stereocenters. The number of rotatable bonds is 5. The van der Waals surface area contributed by atoms with Crippen LogP contribution in [0.25, 0.3) is 0 Å². The molecule has 26 heavy (non-hydrogen) atoms. The number of amides is 1. The first-order valence-electron chi connectivity index (χ1n) is 7.73. The van der Waals surface area contributed by atoms with Gasteiger partial charge in [0.1, 0.15) is 5.82 Å². The van der Waals surface area contributed by atoms with Gasteiger partial charge in [0, 0.05) is 18.2 Å². The molecule has 3 rings (SSSR count). The molecule has 136 valence electrons. The zero-order valence-corrected chi connectivity index (χ0v) is 14.8. The van der Waals surface area contributed by atoms with Crippen molar-refractivity contribution < 1.29 is 23.5 Å². The molecular weight excluding hydrogens is 363 g/mol. The number of methoxy groups -OCH3 is 2. The molecule has 0 spiro atoms. The predicted octanol–water partition coefficient (Wildman–Crippen LogP) is 3.63. The van der Waals surface area contributed by atoms with Crippen LogP contribution < -0.4 is 14.8 Å². The van der Waals surface area contributed by atoms with Crippen LogP contribution in [-0.2, 0) is 9.63 Å². The second-order valence-electron chi connectivity index (χ2n) is 5.49. The first-order valence-corrected chi connectivity index (χ1v) is 8.11. The van der Waals surface area contributed by atoms with Crippen molar-refractivity contribution in [2.24, 2.45) is 5.16 Å². The first-order chi connectivity index (χ1) is 12.5. The van der Waals surface area contributed by atoms with E-state index in [1.165, 1.54) is 26.4 Å². The fourth-order valence-corrected chi connectivity index (χ4v) is 2.85. The van der Waals surface area contributed by atoms with Crippen molar-refractivity contribution in [1.82, 2.24) is 0 Å². The van der Waals surface area contributed by atoms with Gasteiger partial charge in [0.05, 0.1) is 30.5 Å². The Kier molecular flexibility index (Phi) is 5.27. The summed E-state index contributed by atoms with van der Waals surface area (Å²) in [5.41, 5.74) is 0.949. The Hall–Kier alpha value is -2.80.